The Labute approximate surface area is 143 Å². The SMILES string of the molecule is O=C(c1ccccn1)N1CCC2(CC1)CN(C1CCC1)CC2CO. The second kappa shape index (κ2) is 6.45. The van der Waals surface area contributed by atoms with Gasteiger partial charge in [-0.1, -0.05) is 12.5 Å². The lowest BCUT2D eigenvalue weighted by atomic mass is 9.71. The maximum Gasteiger partial charge on any atom is 0.272 e. The van der Waals surface area contributed by atoms with E-state index in [2.05, 4.69) is 9.88 Å². The lowest BCUT2D eigenvalue weighted by Gasteiger charge is -2.43. The molecule has 130 valence electrons. The Morgan fingerprint density at radius 2 is 2.08 bits per heavy atom. The third-order valence-corrected chi connectivity index (χ3v) is 6.58. The zero-order valence-corrected chi connectivity index (χ0v) is 14.2. The second-order valence-electron chi connectivity index (χ2n) is 7.76. The minimum absolute atomic E-state index is 0.0415. The molecule has 1 saturated carbocycles. The van der Waals surface area contributed by atoms with E-state index in [9.17, 15) is 9.90 Å². The monoisotopic (exact) mass is 329 g/mol. The number of hydrogen-bond acceptors (Lipinski definition) is 4. The van der Waals surface area contributed by atoms with Crippen molar-refractivity contribution in [3.8, 4) is 0 Å². The summed E-state index contributed by atoms with van der Waals surface area (Å²) in [6.45, 7) is 3.98. The number of aromatic nitrogens is 1. The fourth-order valence-electron chi connectivity index (χ4n) is 4.73. The Morgan fingerprint density at radius 3 is 2.67 bits per heavy atom. The summed E-state index contributed by atoms with van der Waals surface area (Å²) in [4.78, 5) is 21.3. The van der Waals surface area contributed by atoms with E-state index >= 15 is 0 Å². The van der Waals surface area contributed by atoms with Crippen LogP contribution in [0.2, 0.25) is 0 Å². The van der Waals surface area contributed by atoms with Crippen LogP contribution in [0.1, 0.15) is 42.6 Å². The Bertz CT molecular complexity index is 580. The highest BCUT2D eigenvalue weighted by atomic mass is 16.3. The van der Waals surface area contributed by atoms with Crippen LogP contribution in [0, 0.1) is 11.3 Å². The highest BCUT2D eigenvalue weighted by Crippen LogP contribution is 2.46. The molecule has 3 heterocycles. The van der Waals surface area contributed by atoms with E-state index in [-0.39, 0.29) is 17.9 Å². The van der Waals surface area contributed by atoms with Crippen molar-refractivity contribution >= 4 is 5.91 Å². The topological polar surface area (TPSA) is 56.7 Å². The van der Waals surface area contributed by atoms with Crippen LogP contribution in [0.5, 0.6) is 0 Å². The molecule has 24 heavy (non-hydrogen) atoms. The van der Waals surface area contributed by atoms with Gasteiger partial charge in [0, 0.05) is 50.9 Å². The number of likely N-dealkylation sites (tertiary alicyclic amines) is 2. The van der Waals surface area contributed by atoms with Crippen molar-refractivity contribution in [2.75, 3.05) is 32.8 Å². The van der Waals surface area contributed by atoms with Crippen LogP contribution in [0.4, 0.5) is 0 Å². The number of aliphatic hydroxyl groups excluding tert-OH is 1. The van der Waals surface area contributed by atoms with Crippen molar-refractivity contribution in [1.82, 2.24) is 14.8 Å². The molecule has 0 bridgehead atoms. The molecule has 1 aromatic heterocycles. The molecular weight excluding hydrogens is 302 g/mol. The van der Waals surface area contributed by atoms with E-state index in [1.807, 2.05) is 17.0 Å². The van der Waals surface area contributed by atoms with Gasteiger partial charge in [-0.05, 0) is 43.2 Å². The predicted molar refractivity (Wildman–Crippen MR) is 91.6 cm³/mol. The highest BCUT2D eigenvalue weighted by molar-refractivity contribution is 5.92. The van der Waals surface area contributed by atoms with Crippen LogP contribution < -0.4 is 0 Å². The van der Waals surface area contributed by atoms with Gasteiger partial charge in [0.1, 0.15) is 5.69 Å². The summed E-state index contributed by atoms with van der Waals surface area (Å²) in [6, 6.07) is 6.23. The molecule has 1 atom stereocenters. The molecule has 1 unspecified atom stereocenters. The number of nitrogens with zero attached hydrogens (tertiary/aromatic N) is 3. The van der Waals surface area contributed by atoms with E-state index in [0.717, 1.165) is 45.1 Å². The summed E-state index contributed by atoms with van der Waals surface area (Å²) >= 11 is 0. The number of pyridine rings is 1. The van der Waals surface area contributed by atoms with Gasteiger partial charge >= 0.3 is 0 Å². The normalized spacial score (nSPS) is 27.4. The lowest BCUT2D eigenvalue weighted by molar-refractivity contribution is 0.0381. The molecular formula is C19H27N3O2. The minimum Gasteiger partial charge on any atom is -0.396 e. The Hall–Kier alpha value is -1.46. The first-order valence-corrected chi connectivity index (χ1v) is 9.27. The van der Waals surface area contributed by atoms with Crippen LogP contribution in [0.15, 0.2) is 24.4 Å². The molecule has 1 spiro atoms. The molecule has 5 nitrogen and oxygen atoms in total. The number of piperidine rings is 1. The van der Waals surface area contributed by atoms with Crippen molar-refractivity contribution < 1.29 is 9.90 Å². The number of aliphatic hydroxyl groups is 1. The minimum atomic E-state index is 0.0415. The summed E-state index contributed by atoms with van der Waals surface area (Å²) in [5, 5.41) is 9.91. The summed E-state index contributed by atoms with van der Waals surface area (Å²) in [5.41, 5.74) is 0.736. The Morgan fingerprint density at radius 1 is 1.29 bits per heavy atom. The average Bonchev–Trinajstić information content (AvgIpc) is 2.92. The summed E-state index contributed by atoms with van der Waals surface area (Å²) in [5.74, 6) is 0.407. The van der Waals surface area contributed by atoms with E-state index in [0.29, 0.717) is 11.6 Å². The summed E-state index contributed by atoms with van der Waals surface area (Å²) in [6.07, 6.45) is 7.66. The number of rotatable bonds is 3. The molecule has 4 rings (SSSR count). The van der Waals surface area contributed by atoms with Gasteiger partial charge < -0.3 is 10.0 Å². The van der Waals surface area contributed by atoms with Crippen LogP contribution in [0.3, 0.4) is 0 Å². The first-order chi connectivity index (χ1) is 11.7. The maximum atomic E-state index is 12.6. The zero-order chi connectivity index (χ0) is 16.6. The van der Waals surface area contributed by atoms with Gasteiger partial charge in [-0.2, -0.15) is 0 Å². The molecule has 1 N–H and O–H groups in total. The largest absolute Gasteiger partial charge is 0.396 e. The molecule has 1 aliphatic carbocycles. The molecule has 3 aliphatic rings. The van der Waals surface area contributed by atoms with Gasteiger partial charge in [0.2, 0.25) is 0 Å². The Kier molecular flexibility index (Phi) is 4.31. The van der Waals surface area contributed by atoms with Crippen molar-refractivity contribution in [3.63, 3.8) is 0 Å². The van der Waals surface area contributed by atoms with Gasteiger partial charge in [0.25, 0.3) is 5.91 Å². The number of carbonyl (C=O) groups excluding carboxylic acids is 1. The first kappa shape index (κ1) is 16.0. The molecule has 2 aliphatic heterocycles. The standard InChI is InChI=1S/C19H27N3O2/c23-13-15-12-22(16-4-3-5-16)14-19(15)7-10-21(11-8-19)18(24)17-6-1-2-9-20-17/h1-2,6,9,15-16,23H,3-5,7-8,10-14H2. The van der Waals surface area contributed by atoms with Crippen LogP contribution in [-0.2, 0) is 0 Å². The van der Waals surface area contributed by atoms with Crippen molar-refractivity contribution in [1.29, 1.82) is 0 Å². The van der Waals surface area contributed by atoms with Gasteiger partial charge in [0.15, 0.2) is 0 Å². The predicted octanol–water partition coefficient (Wildman–Crippen LogP) is 1.78. The molecule has 5 heteroatoms. The highest BCUT2D eigenvalue weighted by Gasteiger charge is 2.49. The van der Waals surface area contributed by atoms with E-state index < -0.39 is 0 Å². The summed E-state index contributed by atoms with van der Waals surface area (Å²) in [7, 11) is 0. The van der Waals surface area contributed by atoms with Crippen LogP contribution >= 0.6 is 0 Å². The van der Waals surface area contributed by atoms with Gasteiger partial charge in [-0.15, -0.1) is 0 Å². The zero-order valence-electron chi connectivity index (χ0n) is 14.2. The maximum absolute atomic E-state index is 12.6. The van der Waals surface area contributed by atoms with Crippen LogP contribution in [-0.4, -0.2) is 64.6 Å². The number of amides is 1. The van der Waals surface area contributed by atoms with Gasteiger partial charge in [-0.3, -0.25) is 14.7 Å². The Balaban J connectivity index is 1.42. The van der Waals surface area contributed by atoms with Gasteiger partial charge in [0.05, 0.1) is 0 Å². The molecule has 0 radical (unpaired) electrons. The molecule has 1 amide bonds. The quantitative estimate of drug-likeness (QED) is 0.918. The fourth-order valence-corrected chi connectivity index (χ4v) is 4.73. The smallest absolute Gasteiger partial charge is 0.272 e. The van der Waals surface area contributed by atoms with Crippen molar-refractivity contribution in [2.45, 2.75) is 38.1 Å². The lowest BCUT2D eigenvalue weighted by Crippen LogP contribution is -2.47. The van der Waals surface area contributed by atoms with Crippen LogP contribution in [0.25, 0.3) is 0 Å². The van der Waals surface area contributed by atoms with Gasteiger partial charge in [-0.25, -0.2) is 0 Å². The van der Waals surface area contributed by atoms with Crippen molar-refractivity contribution in [3.05, 3.63) is 30.1 Å². The second-order valence-corrected chi connectivity index (χ2v) is 7.76. The molecule has 2 saturated heterocycles. The molecule has 1 aromatic rings. The average molecular weight is 329 g/mol. The third kappa shape index (κ3) is 2.74. The third-order valence-electron chi connectivity index (χ3n) is 6.58. The number of hydrogen-bond donors (Lipinski definition) is 1. The van der Waals surface area contributed by atoms with Crippen molar-refractivity contribution in [2.24, 2.45) is 11.3 Å². The molecule has 3 fully saturated rings. The van der Waals surface area contributed by atoms with E-state index in [1.165, 1.54) is 19.3 Å². The molecule has 0 aromatic carbocycles. The van der Waals surface area contributed by atoms with E-state index in [1.54, 1.807) is 12.3 Å². The van der Waals surface area contributed by atoms with E-state index in [4.69, 9.17) is 0 Å². The first-order valence-electron chi connectivity index (χ1n) is 9.27. The number of carbonyl (C=O) groups is 1. The summed E-state index contributed by atoms with van der Waals surface area (Å²) < 4.78 is 0. The fraction of sp³-hybridized carbons (Fsp3) is 0.684.